The van der Waals surface area contributed by atoms with Crippen molar-refractivity contribution in [3.05, 3.63) is 60.3 Å². The van der Waals surface area contributed by atoms with Crippen molar-refractivity contribution >= 4 is 22.5 Å². The first kappa shape index (κ1) is 14.0. The standard InChI is InChI=1S/C19H19N3O/c23-18(21-16-8-9-17-14(12-16)13-20-22-17)19(10-4-5-11-19)15-6-2-1-3-7-15/h1-3,6-9,12-13H,4-5,10-11H2,(H,20,22)(H,21,23). The monoisotopic (exact) mass is 305 g/mol. The Morgan fingerprint density at radius 1 is 1.09 bits per heavy atom. The number of carbonyl (C=O) groups is 1. The van der Waals surface area contributed by atoms with Gasteiger partial charge in [-0.3, -0.25) is 9.89 Å². The molecule has 1 aromatic heterocycles. The number of hydrogen-bond donors (Lipinski definition) is 2. The minimum atomic E-state index is -0.396. The van der Waals surface area contributed by atoms with Crippen LogP contribution in [0.5, 0.6) is 0 Å². The van der Waals surface area contributed by atoms with Crippen LogP contribution in [0.3, 0.4) is 0 Å². The van der Waals surface area contributed by atoms with E-state index < -0.39 is 5.41 Å². The highest BCUT2D eigenvalue weighted by Gasteiger charge is 2.42. The van der Waals surface area contributed by atoms with Gasteiger partial charge in [0.25, 0.3) is 0 Å². The number of hydrogen-bond acceptors (Lipinski definition) is 2. The molecule has 3 aromatic rings. The van der Waals surface area contributed by atoms with E-state index in [9.17, 15) is 4.79 Å². The Labute approximate surface area is 134 Å². The van der Waals surface area contributed by atoms with Crippen LogP contribution in [0.25, 0.3) is 10.9 Å². The minimum Gasteiger partial charge on any atom is -0.325 e. The van der Waals surface area contributed by atoms with Crippen molar-refractivity contribution < 1.29 is 4.79 Å². The summed E-state index contributed by atoms with van der Waals surface area (Å²) in [5, 5.41) is 11.1. The molecule has 0 bridgehead atoms. The summed E-state index contributed by atoms with van der Waals surface area (Å²) in [7, 11) is 0. The van der Waals surface area contributed by atoms with Crippen LogP contribution in [0.4, 0.5) is 5.69 Å². The molecule has 0 saturated heterocycles. The van der Waals surface area contributed by atoms with E-state index in [2.05, 4.69) is 27.6 Å². The number of aromatic nitrogens is 2. The van der Waals surface area contributed by atoms with Crippen LogP contribution in [0.15, 0.2) is 54.7 Å². The van der Waals surface area contributed by atoms with E-state index in [-0.39, 0.29) is 5.91 Å². The second-order valence-electron chi connectivity index (χ2n) is 6.28. The maximum absolute atomic E-state index is 13.1. The molecule has 23 heavy (non-hydrogen) atoms. The number of rotatable bonds is 3. The van der Waals surface area contributed by atoms with Crippen molar-refractivity contribution in [3.63, 3.8) is 0 Å². The molecule has 4 nitrogen and oxygen atoms in total. The second-order valence-corrected chi connectivity index (χ2v) is 6.28. The molecular formula is C19H19N3O. The number of amides is 1. The van der Waals surface area contributed by atoms with Crippen LogP contribution >= 0.6 is 0 Å². The average molecular weight is 305 g/mol. The zero-order valence-corrected chi connectivity index (χ0v) is 12.9. The molecule has 2 N–H and O–H groups in total. The summed E-state index contributed by atoms with van der Waals surface area (Å²) in [4.78, 5) is 13.1. The van der Waals surface area contributed by atoms with Crippen molar-refractivity contribution in [2.45, 2.75) is 31.1 Å². The van der Waals surface area contributed by atoms with Crippen molar-refractivity contribution in [2.75, 3.05) is 5.32 Å². The van der Waals surface area contributed by atoms with Crippen LogP contribution in [-0.4, -0.2) is 16.1 Å². The SMILES string of the molecule is O=C(Nc1ccc2[nH]ncc2c1)C1(c2ccccc2)CCCC1. The van der Waals surface area contributed by atoms with E-state index in [1.165, 1.54) is 0 Å². The normalized spacial score (nSPS) is 16.5. The molecule has 1 aliphatic rings. The van der Waals surface area contributed by atoms with E-state index in [0.717, 1.165) is 47.8 Å². The molecule has 0 spiro atoms. The van der Waals surface area contributed by atoms with Crippen LogP contribution < -0.4 is 5.32 Å². The molecule has 4 rings (SSSR count). The summed E-state index contributed by atoms with van der Waals surface area (Å²) >= 11 is 0. The molecule has 1 saturated carbocycles. The first-order valence-electron chi connectivity index (χ1n) is 8.08. The maximum Gasteiger partial charge on any atom is 0.235 e. The molecule has 1 heterocycles. The molecule has 1 amide bonds. The van der Waals surface area contributed by atoms with E-state index in [0.29, 0.717) is 0 Å². The van der Waals surface area contributed by atoms with Gasteiger partial charge < -0.3 is 5.32 Å². The number of fused-ring (bicyclic) bond motifs is 1. The zero-order chi connectivity index (χ0) is 15.7. The Hall–Kier alpha value is -2.62. The summed E-state index contributed by atoms with van der Waals surface area (Å²) in [6.45, 7) is 0. The Morgan fingerprint density at radius 3 is 2.65 bits per heavy atom. The van der Waals surface area contributed by atoms with Gasteiger partial charge in [-0.15, -0.1) is 0 Å². The number of carbonyl (C=O) groups excluding carboxylic acids is 1. The third-order valence-corrected chi connectivity index (χ3v) is 4.92. The van der Waals surface area contributed by atoms with E-state index in [1.54, 1.807) is 6.20 Å². The van der Waals surface area contributed by atoms with Crippen LogP contribution in [-0.2, 0) is 10.2 Å². The fourth-order valence-electron chi connectivity index (χ4n) is 3.65. The van der Waals surface area contributed by atoms with Gasteiger partial charge in [0.1, 0.15) is 0 Å². The van der Waals surface area contributed by atoms with Gasteiger partial charge in [-0.05, 0) is 36.6 Å². The zero-order valence-electron chi connectivity index (χ0n) is 12.9. The van der Waals surface area contributed by atoms with Crippen molar-refractivity contribution in [2.24, 2.45) is 0 Å². The predicted molar refractivity (Wildman–Crippen MR) is 91.3 cm³/mol. The molecule has 0 radical (unpaired) electrons. The highest BCUT2D eigenvalue weighted by atomic mass is 16.2. The van der Waals surface area contributed by atoms with Gasteiger partial charge in [-0.2, -0.15) is 5.10 Å². The number of anilines is 1. The molecule has 0 atom stereocenters. The Kier molecular flexibility index (Phi) is 3.37. The lowest BCUT2D eigenvalue weighted by Gasteiger charge is -2.28. The summed E-state index contributed by atoms with van der Waals surface area (Å²) in [6.07, 6.45) is 5.80. The predicted octanol–water partition coefficient (Wildman–Crippen LogP) is 4.01. The van der Waals surface area contributed by atoms with Crippen LogP contribution in [0.1, 0.15) is 31.2 Å². The lowest BCUT2D eigenvalue weighted by molar-refractivity contribution is -0.121. The topological polar surface area (TPSA) is 57.8 Å². The van der Waals surface area contributed by atoms with Crippen LogP contribution in [0.2, 0.25) is 0 Å². The fourth-order valence-corrected chi connectivity index (χ4v) is 3.65. The van der Waals surface area contributed by atoms with Gasteiger partial charge in [-0.25, -0.2) is 0 Å². The highest BCUT2D eigenvalue weighted by Crippen LogP contribution is 2.42. The molecule has 1 fully saturated rings. The fraction of sp³-hybridized carbons (Fsp3) is 0.263. The third kappa shape index (κ3) is 2.40. The maximum atomic E-state index is 13.1. The van der Waals surface area contributed by atoms with Gasteiger partial charge in [-0.1, -0.05) is 43.2 Å². The smallest absolute Gasteiger partial charge is 0.235 e. The first-order valence-corrected chi connectivity index (χ1v) is 8.08. The van der Waals surface area contributed by atoms with E-state index >= 15 is 0 Å². The molecule has 1 aliphatic carbocycles. The Morgan fingerprint density at radius 2 is 1.87 bits per heavy atom. The summed E-state index contributed by atoms with van der Waals surface area (Å²) in [6, 6.07) is 16.0. The van der Waals surface area contributed by atoms with Crippen LogP contribution in [0, 0.1) is 0 Å². The lowest BCUT2D eigenvalue weighted by atomic mass is 9.78. The van der Waals surface area contributed by atoms with Gasteiger partial charge in [0.05, 0.1) is 17.1 Å². The van der Waals surface area contributed by atoms with Gasteiger partial charge in [0.15, 0.2) is 0 Å². The molecular weight excluding hydrogens is 286 g/mol. The summed E-state index contributed by atoms with van der Waals surface area (Å²) in [5.74, 6) is 0.101. The van der Waals surface area contributed by atoms with Gasteiger partial charge in [0.2, 0.25) is 5.91 Å². The highest BCUT2D eigenvalue weighted by molar-refractivity contribution is 6.00. The largest absolute Gasteiger partial charge is 0.325 e. The van der Waals surface area contributed by atoms with Gasteiger partial charge >= 0.3 is 0 Å². The summed E-state index contributed by atoms with van der Waals surface area (Å²) in [5.41, 5.74) is 2.53. The average Bonchev–Trinajstić information content (AvgIpc) is 3.25. The molecule has 4 heteroatoms. The van der Waals surface area contributed by atoms with Crippen molar-refractivity contribution in [1.82, 2.24) is 10.2 Å². The molecule has 116 valence electrons. The van der Waals surface area contributed by atoms with E-state index in [1.807, 2.05) is 36.4 Å². The van der Waals surface area contributed by atoms with Gasteiger partial charge in [0, 0.05) is 11.1 Å². The Bertz CT molecular complexity index is 832. The number of aromatic amines is 1. The lowest BCUT2D eigenvalue weighted by Crippen LogP contribution is -2.37. The Balaban J connectivity index is 1.65. The minimum absolute atomic E-state index is 0.101. The quantitative estimate of drug-likeness (QED) is 0.768. The van der Waals surface area contributed by atoms with Crippen molar-refractivity contribution in [1.29, 1.82) is 0 Å². The van der Waals surface area contributed by atoms with Crippen molar-refractivity contribution in [3.8, 4) is 0 Å². The molecule has 0 aliphatic heterocycles. The third-order valence-electron chi connectivity index (χ3n) is 4.92. The second kappa shape index (κ2) is 5.54. The number of nitrogens with one attached hydrogen (secondary N) is 2. The first-order chi connectivity index (χ1) is 11.3. The van der Waals surface area contributed by atoms with E-state index in [4.69, 9.17) is 0 Å². The number of nitrogens with zero attached hydrogens (tertiary/aromatic N) is 1. The number of benzene rings is 2. The molecule has 2 aromatic carbocycles. The summed E-state index contributed by atoms with van der Waals surface area (Å²) < 4.78 is 0. The molecule has 0 unspecified atom stereocenters. The number of H-pyrrole nitrogens is 1.